The molecule has 0 heterocycles. The Morgan fingerprint density at radius 1 is 0.583 bits per heavy atom. The van der Waals surface area contributed by atoms with Gasteiger partial charge < -0.3 is 19.8 Å². The van der Waals surface area contributed by atoms with Gasteiger partial charge in [0.25, 0.3) is 0 Å². The zero-order valence-electron chi connectivity index (χ0n) is 23.4. The van der Waals surface area contributed by atoms with Crippen molar-refractivity contribution in [3.63, 3.8) is 0 Å². The topological polar surface area (TPSA) is 112 Å². The number of carboxylic acids is 3. The van der Waals surface area contributed by atoms with Crippen LogP contribution in [0.15, 0.2) is 12.2 Å². The summed E-state index contributed by atoms with van der Waals surface area (Å²) >= 11 is 0. The summed E-state index contributed by atoms with van der Waals surface area (Å²) in [5, 5.41) is 28.1. The van der Waals surface area contributed by atoms with E-state index in [0.717, 1.165) is 32.2 Å². The van der Waals surface area contributed by atoms with Crippen LogP contribution < -0.4 is 0 Å². The lowest BCUT2D eigenvalue weighted by atomic mass is 10.0. The Balaban J connectivity index is 4.96. The average Bonchev–Trinajstić information content (AvgIpc) is 2.84. The minimum atomic E-state index is -0.828. The number of carbonyl (C=O) groups is 3. The summed E-state index contributed by atoms with van der Waals surface area (Å²) in [7, 11) is 0. The van der Waals surface area contributed by atoms with Crippen molar-refractivity contribution in [1.82, 2.24) is 0 Å². The number of nitrogens with zero attached hydrogens (tertiary/aromatic N) is 1. The van der Waals surface area contributed by atoms with Crippen LogP contribution in [0.3, 0.4) is 0 Å². The zero-order valence-corrected chi connectivity index (χ0v) is 23.4. The summed E-state index contributed by atoms with van der Waals surface area (Å²) < 4.78 is 0.605. The number of quaternary nitrogens is 1. The van der Waals surface area contributed by atoms with Crippen molar-refractivity contribution in [2.45, 2.75) is 111 Å². The van der Waals surface area contributed by atoms with E-state index in [4.69, 9.17) is 0 Å². The summed E-state index contributed by atoms with van der Waals surface area (Å²) in [4.78, 5) is 34.3. The summed E-state index contributed by atoms with van der Waals surface area (Å²) in [6.45, 7) is 10.1. The third kappa shape index (κ3) is 16.7. The van der Waals surface area contributed by atoms with Crippen LogP contribution >= 0.6 is 0 Å². The first-order valence-corrected chi connectivity index (χ1v) is 14.2. The van der Waals surface area contributed by atoms with E-state index in [1.807, 2.05) is 0 Å². The Bertz CT molecular complexity index is 588. The Hall–Kier alpha value is -1.89. The molecule has 7 heteroatoms. The molecule has 0 aliphatic rings. The van der Waals surface area contributed by atoms with Crippen LogP contribution in [-0.4, -0.2) is 63.9 Å². The number of hydrogen-bond acceptors (Lipinski definition) is 3. The van der Waals surface area contributed by atoms with Crippen LogP contribution in [0.1, 0.15) is 111 Å². The van der Waals surface area contributed by atoms with Crippen molar-refractivity contribution in [2.75, 3.05) is 26.2 Å². The highest BCUT2D eigenvalue weighted by Crippen LogP contribution is 2.22. The molecule has 0 saturated carbocycles. The molecule has 3 unspecified atom stereocenters. The molecule has 0 bridgehead atoms. The molecule has 210 valence electrons. The van der Waals surface area contributed by atoms with E-state index in [2.05, 4.69) is 19.1 Å². The van der Waals surface area contributed by atoms with Crippen LogP contribution in [0.25, 0.3) is 0 Å². The fraction of sp³-hybridized carbons (Fsp3) is 0.828. The molecule has 0 amide bonds. The van der Waals surface area contributed by atoms with Gasteiger partial charge in [0.1, 0.15) is 0 Å². The maximum absolute atomic E-state index is 11.4. The molecule has 0 aromatic rings. The van der Waals surface area contributed by atoms with Gasteiger partial charge in [-0.2, -0.15) is 0 Å². The van der Waals surface area contributed by atoms with Gasteiger partial charge in [0.05, 0.1) is 43.9 Å². The number of rotatable bonds is 24. The minimum Gasteiger partial charge on any atom is -0.481 e. The summed E-state index contributed by atoms with van der Waals surface area (Å²) in [6.07, 6.45) is 17.8. The van der Waals surface area contributed by atoms with Crippen molar-refractivity contribution in [3.8, 4) is 0 Å². The smallest absolute Gasteiger partial charge is 0.306 e. The number of unbranched alkanes of at least 4 members (excludes halogenated alkanes) is 8. The van der Waals surface area contributed by atoms with Gasteiger partial charge in [-0.25, -0.2) is 0 Å². The molecule has 0 aliphatic heterocycles. The van der Waals surface area contributed by atoms with Crippen molar-refractivity contribution in [1.29, 1.82) is 0 Å². The third-order valence-electron chi connectivity index (χ3n) is 7.52. The number of carboxylic acid groups (broad SMARTS) is 3. The molecular formula is C29H54NO6+. The largest absolute Gasteiger partial charge is 0.481 e. The molecule has 0 aliphatic carbocycles. The average molecular weight is 513 g/mol. The molecule has 0 saturated heterocycles. The second kappa shape index (κ2) is 20.2. The molecule has 0 aromatic carbocycles. The predicted octanol–water partition coefficient (Wildman–Crippen LogP) is 6.61. The highest BCUT2D eigenvalue weighted by atomic mass is 16.4. The molecule has 0 rings (SSSR count). The number of aliphatic carboxylic acids is 3. The first-order valence-electron chi connectivity index (χ1n) is 14.2. The quantitative estimate of drug-likeness (QED) is 0.0762. The van der Waals surface area contributed by atoms with Gasteiger partial charge >= 0.3 is 17.9 Å². The third-order valence-corrected chi connectivity index (χ3v) is 7.52. The van der Waals surface area contributed by atoms with Gasteiger partial charge in [0, 0.05) is 19.3 Å². The van der Waals surface area contributed by atoms with Gasteiger partial charge in [-0.1, -0.05) is 65.5 Å². The molecule has 0 radical (unpaired) electrons. The molecule has 3 atom stereocenters. The van der Waals surface area contributed by atoms with E-state index >= 15 is 0 Å². The Labute approximate surface area is 219 Å². The lowest BCUT2D eigenvalue weighted by molar-refractivity contribution is -0.929. The van der Waals surface area contributed by atoms with E-state index in [0.29, 0.717) is 43.4 Å². The molecule has 0 fully saturated rings. The Morgan fingerprint density at radius 2 is 0.944 bits per heavy atom. The molecule has 3 N–H and O–H groups in total. The first kappa shape index (κ1) is 34.1. The maximum atomic E-state index is 11.4. The highest BCUT2D eigenvalue weighted by molar-refractivity contribution is 5.70. The SMILES string of the molecule is CCCCC/C=C/CCCCCCC[N+](CCC(C)C(=O)O)(CCC(C)C(=O)O)CCC(C)C(=O)O. The first-order chi connectivity index (χ1) is 17.0. The van der Waals surface area contributed by atoms with Crippen LogP contribution in [0.2, 0.25) is 0 Å². The molecule has 36 heavy (non-hydrogen) atoms. The van der Waals surface area contributed by atoms with Crippen LogP contribution in [-0.2, 0) is 14.4 Å². The van der Waals surface area contributed by atoms with Crippen molar-refractivity contribution in [3.05, 3.63) is 12.2 Å². The molecule has 0 spiro atoms. The van der Waals surface area contributed by atoms with E-state index in [-0.39, 0.29) is 0 Å². The predicted molar refractivity (Wildman–Crippen MR) is 145 cm³/mol. The van der Waals surface area contributed by atoms with Gasteiger partial charge in [-0.3, -0.25) is 14.4 Å². The van der Waals surface area contributed by atoms with Crippen LogP contribution in [0, 0.1) is 17.8 Å². The van der Waals surface area contributed by atoms with E-state index < -0.39 is 35.7 Å². The van der Waals surface area contributed by atoms with Gasteiger partial charge in [-0.15, -0.1) is 0 Å². The maximum Gasteiger partial charge on any atom is 0.306 e. The molecular weight excluding hydrogens is 458 g/mol. The standard InChI is InChI=1S/C29H53NO6/c1-5-6-7-8-9-10-11-12-13-14-15-16-20-30(21-17-24(2)27(31)32,22-18-25(3)28(33)34)23-19-26(4)29(35)36/h9-10,24-26H,5-8,11-23H2,1-4H3,(H2-,31,32,33,34,35,36)/p+1/b10-9+. The lowest BCUT2D eigenvalue weighted by Gasteiger charge is -2.40. The fourth-order valence-electron chi connectivity index (χ4n) is 4.43. The monoisotopic (exact) mass is 512 g/mol. The van der Waals surface area contributed by atoms with Crippen molar-refractivity contribution in [2.24, 2.45) is 17.8 Å². The van der Waals surface area contributed by atoms with E-state index in [1.165, 1.54) is 38.5 Å². The summed E-state index contributed by atoms with van der Waals surface area (Å²) in [6, 6.07) is 0. The van der Waals surface area contributed by atoms with Crippen LogP contribution in [0.4, 0.5) is 0 Å². The summed E-state index contributed by atoms with van der Waals surface area (Å²) in [5.74, 6) is -3.93. The normalized spacial score (nSPS) is 15.9. The summed E-state index contributed by atoms with van der Waals surface area (Å²) in [5.41, 5.74) is 0. The highest BCUT2D eigenvalue weighted by Gasteiger charge is 2.31. The van der Waals surface area contributed by atoms with E-state index in [1.54, 1.807) is 20.8 Å². The second-order valence-corrected chi connectivity index (χ2v) is 10.8. The number of allylic oxidation sites excluding steroid dienone is 2. The Kier molecular flexibility index (Phi) is 19.1. The van der Waals surface area contributed by atoms with Crippen molar-refractivity contribution >= 4 is 17.9 Å². The lowest BCUT2D eigenvalue weighted by Crippen LogP contribution is -2.52. The van der Waals surface area contributed by atoms with Gasteiger partial charge in [0.2, 0.25) is 0 Å². The van der Waals surface area contributed by atoms with Gasteiger partial charge in [-0.05, 0) is 38.5 Å². The Morgan fingerprint density at radius 3 is 1.33 bits per heavy atom. The minimum absolute atomic E-state index is 0.480. The molecule has 0 aromatic heterocycles. The van der Waals surface area contributed by atoms with Crippen molar-refractivity contribution < 1.29 is 34.2 Å². The zero-order chi connectivity index (χ0) is 27.4. The van der Waals surface area contributed by atoms with E-state index in [9.17, 15) is 29.7 Å². The molecule has 7 nitrogen and oxygen atoms in total. The second-order valence-electron chi connectivity index (χ2n) is 10.8. The fourth-order valence-corrected chi connectivity index (χ4v) is 4.43. The van der Waals surface area contributed by atoms with Gasteiger partial charge in [0.15, 0.2) is 0 Å². The van der Waals surface area contributed by atoms with Crippen LogP contribution in [0.5, 0.6) is 0 Å². The number of hydrogen-bond donors (Lipinski definition) is 3.